The molecule has 1 unspecified atom stereocenters. The number of aromatic nitrogens is 2. The summed E-state index contributed by atoms with van der Waals surface area (Å²) in [6.07, 6.45) is 1.57. The summed E-state index contributed by atoms with van der Waals surface area (Å²) in [6.45, 7) is 2.75. The van der Waals surface area contributed by atoms with E-state index < -0.39 is 10.0 Å². The van der Waals surface area contributed by atoms with Gasteiger partial charge in [-0.05, 0) is 55.1 Å². The van der Waals surface area contributed by atoms with E-state index >= 15 is 0 Å². The molecule has 0 bridgehead atoms. The minimum Gasteiger partial charge on any atom is -0.438 e. The van der Waals surface area contributed by atoms with Crippen LogP contribution in [0.4, 0.5) is 10.5 Å². The number of carbonyl (C=O) groups is 1. The number of amides is 2. The van der Waals surface area contributed by atoms with E-state index in [9.17, 15) is 13.2 Å². The number of rotatable bonds is 8. The first-order valence-electron chi connectivity index (χ1n) is 12.4. The van der Waals surface area contributed by atoms with Crippen LogP contribution >= 0.6 is 11.6 Å². The Bertz CT molecular complexity index is 1370. The zero-order chi connectivity index (χ0) is 26.7. The van der Waals surface area contributed by atoms with Crippen molar-refractivity contribution in [2.45, 2.75) is 6.04 Å². The van der Waals surface area contributed by atoms with E-state index in [0.29, 0.717) is 55.1 Å². The summed E-state index contributed by atoms with van der Waals surface area (Å²) in [4.78, 5) is 19.0. The second-order valence-corrected chi connectivity index (χ2v) is 11.9. The first-order chi connectivity index (χ1) is 18.3. The topological polar surface area (TPSA) is 99.2 Å². The van der Waals surface area contributed by atoms with Crippen molar-refractivity contribution < 1.29 is 17.9 Å². The largest absolute Gasteiger partial charge is 0.438 e. The number of ether oxygens (including phenoxy) is 1. The molecule has 0 radical (unpaired) electrons. The van der Waals surface area contributed by atoms with Crippen LogP contribution in [-0.4, -0.2) is 90.8 Å². The maximum absolute atomic E-state index is 13.6. The Balaban J connectivity index is 1.38. The van der Waals surface area contributed by atoms with Gasteiger partial charge in [-0.1, -0.05) is 23.7 Å². The van der Waals surface area contributed by atoms with Gasteiger partial charge < -0.3 is 14.5 Å². The molecule has 10 nitrogen and oxygen atoms in total. The van der Waals surface area contributed by atoms with Crippen molar-refractivity contribution in [2.75, 3.05) is 57.0 Å². The van der Waals surface area contributed by atoms with E-state index in [1.807, 2.05) is 31.3 Å². The lowest BCUT2D eigenvalue weighted by Gasteiger charge is -2.32. The lowest BCUT2D eigenvalue weighted by Crippen LogP contribution is -2.49. The zero-order valence-electron chi connectivity index (χ0n) is 21.0. The third-order valence-corrected chi connectivity index (χ3v) is 8.88. The van der Waals surface area contributed by atoms with E-state index in [1.54, 1.807) is 52.4 Å². The molecule has 2 aliphatic rings. The maximum Gasteiger partial charge on any atom is 0.325 e. The first kappa shape index (κ1) is 26.4. The molecule has 0 spiro atoms. The highest BCUT2D eigenvalue weighted by atomic mass is 35.5. The van der Waals surface area contributed by atoms with Crippen molar-refractivity contribution in [3.05, 3.63) is 77.4 Å². The highest BCUT2D eigenvalue weighted by molar-refractivity contribution is 7.89. The number of piperazine rings is 1. The molecule has 2 aromatic carbocycles. The van der Waals surface area contributed by atoms with Crippen molar-refractivity contribution in [3.63, 3.8) is 0 Å². The van der Waals surface area contributed by atoms with Crippen LogP contribution in [0.15, 0.2) is 66.9 Å². The van der Waals surface area contributed by atoms with E-state index in [0.717, 1.165) is 5.56 Å². The van der Waals surface area contributed by atoms with Crippen LogP contribution < -0.4 is 9.64 Å². The number of sulfonamides is 1. The molecule has 3 heterocycles. The number of urea groups is 1. The molecule has 5 rings (SSSR count). The molecule has 0 aliphatic carbocycles. The van der Waals surface area contributed by atoms with E-state index in [1.165, 1.54) is 4.31 Å². The average Bonchev–Trinajstić information content (AvgIpc) is 3.25. The monoisotopic (exact) mass is 556 g/mol. The molecule has 2 amide bonds. The van der Waals surface area contributed by atoms with Gasteiger partial charge in [0, 0.05) is 62.2 Å². The number of anilines is 1. The summed E-state index contributed by atoms with van der Waals surface area (Å²) in [5.41, 5.74) is 1.52. The van der Waals surface area contributed by atoms with Crippen LogP contribution in [0.1, 0.15) is 11.6 Å². The molecule has 1 atom stereocenters. The quantitative estimate of drug-likeness (QED) is 0.419. The van der Waals surface area contributed by atoms with Gasteiger partial charge in [0.15, 0.2) is 0 Å². The second-order valence-electron chi connectivity index (χ2n) is 9.35. The molecule has 200 valence electrons. The zero-order valence-corrected chi connectivity index (χ0v) is 22.6. The Labute approximate surface area is 227 Å². The average molecular weight is 557 g/mol. The first-order valence-corrected chi connectivity index (χ1v) is 14.3. The fraction of sp³-hybridized carbons (Fsp3) is 0.346. The minimum atomic E-state index is -3.48. The number of hydrogen-bond acceptors (Lipinski definition) is 7. The SMILES string of the molecule is CN1CCN(S(=O)(=O)CCN2CC(c3cccc(Oc4cccnn4)c3)N(c3ccc(Cl)cc3)C2=O)CC1. The van der Waals surface area contributed by atoms with Gasteiger partial charge in [0.25, 0.3) is 0 Å². The predicted octanol–water partition coefficient (Wildman–Crippen LogP) is 3.48. The fourth-order valence-corrected chi connectivity index (χ4v) is 6.21. The third-order valence-electron chi connectivity index (χ3n) is 6.77. The van der Waals surface area contributed by atoms with Gasteiger partial charge in [0.1, 0.15) is 5.75 Å². The molecule has 12 heteroatoms. The molecule has 2 saturated heterocycles. The molecular formula is C26H29ClN6O4S. The Morgan fingerprint density at radius 3 is 2.50 bits per heavy atom. The summed E-state index contributed by atoms with van der Waals surface area (Å²) in [5.74, 6) is 0.791. The van der Waals surface area contributed by atoms with Crippen molar-refractivity contribution in [2.24, 2.45) is 0 Å². The van der Waals surface area contributed by atoms with Crippen molar-refractivity contribution in [3.8, 4) is 11.6 Å². The van der Waals surface area contributed by atoms with Gasteiger partial charge in [0.2, 0.25) is 15.9 Å². The van der Waals surface area contributed by atoms with Gasteiger partial charge in [-0.15, -0.1) is 5.10 Å². The predicted molar refractivity (Wildman–Crippen MR) is 145 cm³/mol. The molecular weight excluding hydrogens is 528 g/mol. The number of nitrogens with zero attached hydrogens (tertiary/aromatic N) is 6. The van der Waals surface area contributed by atoms with Gasteiger partial charge >= 0.3 is 6.03 Å². The van der Waals surface area contributed by atoms with Crippen molar-refractivity contribution >= 4 is 33.3 Å². The Morgan fingerprint density at radius 1 is 1.03 bits per heavy atom. The normalized spacial score (nSPS) is 19.2. The molecule has 0 saturated carbocycles. The highest BCUT2D eigenvalue weighted by Crippen LogP contribution is 2.36. The number of benzene rings is 2. The van der Waals surface area contributed by atoms with Crippen LogP contribution in [0.3, 0.4) is 0 Å². The van der Waals surface area contributed by atoms with Gasteiger partial charge in [-0.25, -0.2) is 13.2 Å². The van der Waals surface area contributed by atoms with Crippen molar-refractivity contribution in [1.29, 1.82) is 0 Å². The van der Waals surface area contributed by atoms with E-state index in [2.05, 4.69) is 15.1 Å². The van der Waals surface area contributed by atoms with Gasteiger partial charge in [-0.2, -0.15) is 9.40 Å². The Kier molecular flexibility index (Phi) is 7.80. The highest BCUT2D eigenvalue weighted by Gasteiger charge is 2.40. The maximum atomic E-state index is 13.6. The van der Waals surface area contributed by atoms with Crippen LogP contribution in [0.2, 0.25) is 5.02 Å². The molecule has 2 fully saturated rings. The van der Waals surface area contributed by atoms with E-state index in [-0.39, 0.29) is 24.4 Å². The van der Waals surface area contributed by atoms with Gasteiger partial charge in [0.05, 0.1) is 11.8 Å². The summed E-state index contributed by atoms with van der Waals surface area (Å²) in [5, 5.41) is 8.36. The standard InChI is InChI=1S/C26H29ClN6O4S/c1-30-12-14-32(15-13-30)38(35,36)17-16-31-19-24(33(26(31)34)22-9-7-21(27)8-10-22)20-4-2-5-23(18-20)37-25-6-3-11-28-29-25/h2-11,18,24H,12-17,19H2,1H3. The smallest absolute Gasteiger partial charge is 0.325 e. The van der Waals surface area contributed by atoms with Crippen LogP contribution in [-0.2, 0) is 10.0 Å². The second kappa shape index (κ2) is 11.2. The molecule has 0 N–H and O–H groups in total. The fourth-order valence-electron chi connectivity index (χ4n) is 4.66. The molecule has 1 aromatic heterocycles. The molecule has 3 aromatic rings. The van der Waals surface area contributed by atoms with Crippen molar-refractivity contribution in [1.82, 2.24) is 24.3 Å². The number of halogens is 1. The van der Waals surface area contributed by atoms with E-state index in [4.69, 9.17) is 16.3 Å². The summed E-state index contributed by atoms with van der Waals surface area (Å²) in [6, 6.07) is 17.3. The molecule has 38 heavy (non-hydrogen) atoms. The number of likely N-dealkylation sites (N-methyl/N-ethyl adjacent to an activating group) is 1. The summed E-state index contributed by atoms with van der Waals surface area (Å²) < 4.78 is 33.4. The number of carbonyl (C=O) groups excluding carboxylic acids is 1. The number of hydrogen-bond donors (Lipinski definition) is 0. The molecule has 2 aliphatic heterocycles. The lowest BCUT2D eigenvalue weighted by molar-refractivity contribution is 0.218. The third kappa shape index (κ3) is 5.91. The Morgan fingerprint density at radius 2 is 1.79 bits per heavy atom. The summed E-state index contributed by atoms with van der Waals surface area (Å²) in [7, 11) is -1.51. The van der Waals surface area contributed by atoms with Crippen LogP contribution in [0.25, 0.3) is 0 Å². The lowest BCUT2D eigenvalue weighted by atomic mass is 10.1. The van der Waals surface area contributed by atoms with Gasteiger partial charge in [-0.3, -0.25) is 4.90 Å². The Hall–Kier alpha value is -3.25. The minimum absolute atomic E-state index is 0.101. The van der Waals surface area contributed by atoms with Crippen LogP contribution in [0.5, 0.6) is 11.6 Å². The summed E-state index contributed by atoms with van der Waals surface area (Å²) >= 11 is 6.10. The van der Waals surface area contributed by atoms with Crippen LogP contribution in [0, 0.1) is 0 Å².